The van der Waals surface area contributed by atoms with Gasteiger partial charge in [-0.25, -0.2) is 0 Å². The van der Waals surface area contributed by atoms with Gasteiger partial charge in [-0.2, -0.15) is 0 Å². The van der Waals surface area contributed by atoms with Gasteiger partial charge in [0, 0.05) is 11.8 Å². The van der Waals surface area contributed by atoms with Gasteiger partial charge in [-0.3, -0.25) is 9.79 Å². The molecule has 4 nitrogen and oxygen atoms in total. The maximum Gasteiger partial charge on any atom is 0.250 e. The molecule has 16 heavy (non-hydrogen) atoms. The summed E-state index contributed by atoms with van der Waals surface area (Å²) in [6.45, 7) is 0.773. The van der Waals surface area contributed by atoms with Crippen LogP contribution in [0.3, 0.4) is 0 Å². The Labute approximate surface area is 105 Å². The van der Waals surface area contributed by atoms with Crippen LogP contribution >= 0.6 is 27.7 Å². The van der Waals surface area contributed by atoms with E-state index in [0.717, 1.165) is 12.3 Å². The summed E-state index contributed by atoms with van der Waals surface area (Å²) in [5, 5.41) is 3.38. The minimum atomic E-state index is -0.194. The van der Waals surface area contributed by atoms with Crippen LogP contribution in [-0.4, -0.2) is 23.4 Å². The van der Waals surface area contributed by atoms with Gasteiger partial charge in [0.1, 0.15) is 5.76 Å². The molecule has 0 saturated carbocycles. The van der Waals surface area contributed by atoms with E-state index in [2.05, 4.69) is 26.2 Å². The number of carbonyl (C=O) groups is 1. The highest BCUT2D eigenvalue weighted by molar-refractivity contribution is 9.10. The van der Waals surface area contributed by atoms with Crippen LogP contribution < -0.4 is 5.32 Å². The first-order valence-corrected chi connectivity index (χ1v) is 6.43. The topological polar surface area (TPSA) is 54.6 Å². The number of halogens is 1. The Kier molecular flexibility index (Phi) is 3.84. The highest BCUT2D eigenvalue weighted by Crippen LogP contribution is 2.15. The van der Waals surface area contributed by atoms with Crippen molar-refractivity contribution in [1.29, 1.82) is 0 Å². The summed E-state index contributed by atoms with van der Waals surface area (Å²) in [4.78, 5) is 15.6. The van der Waals surface area contributed by atoms with Gasteiger partial charge in [0.15, 0.2) is 9.84 Å². The van der Waals surface area contributed by atoms with E-state index in [0.29, 0.717) is 15.6 Å². The number of furan rings is 1. The summed E-state index contributed by atoms with van der Waals surface area (Å²) < 4.78 is 5.86. The number of hydrogen-bond donors (Lipinski definition) is 1. The van der Waals surface area contributed by atoms with Gasteiger partial charge in [-0.1, -0.05) is 11.8 Å². The largest absolute Gasteiger partial charge is 0.450 e. The fraction of sp³-hybridized carbons (Fsp3) is 0.200. The number of nitrogens with one attached hydrogen (secondary N) is 1. The van der Waals surface area contributed by atoms with Gasteiger partial charge in [-0.05, 0) is 34.1 Å². The molecule has 0 unspecified atom stereocenters. The van der Waals surface area contributed by atoms with Crippen molar-refractivity contribution < 1.29 is 9.21 Å². The Morgan fingerprint density at radius 3 is 3.12 bits per heavy atom. The Balaban J connectivity index is 1.89. The molecule has 0 aliphatic carbocycles. The molecule has 1 aliphatic heterocycles. The fourth-order valence-corrected chi connectivity index (χ4v) is 2.18. The second-order valence-electron chi connectivity index (χ2n) is 3.00. The van der Waals surface area contributed by atoms with Crippen LogP contribution in [0.15, 0.2) is 32.3 Å². The molecule has 2 heterocycles. The monoisotopic (exact) mass is 300 g/mol. The Hall–Kier alpha value is -1.01. The molecule has 0 spiro atoms. The zero-order chi connectivity index (χ0) is 11.4. The summed E-state index contributed by atoms with van der Waals surface area (Å²) >= 11 is 4.74. The minimum Gasteiger partial charge on any atom is -0.450 e. The predicted octanol–water partition coefficient (Wildman–Crippen LogP) is 2.27. The zero-order valence-corrected chi connectivity index (χ0v) is 10.7. The maximum atomic E-state index is 11.4. The molecule has 1 N–H and O–H groups in total. The molecule has 2 rings (SSSR count). The lowest BCUT2D eigenvalue weighted by Crippen LogP contribution is -2.25. The van der Waals surface area contributed by atoms with E-state index in [1.807, 2.05) is 0 Å². The molecule has 0 aromatic carbocycles. The molecule has 0 radical (unpaired) electrons. The molecule has 0 fully saturated rings. The van der Waals surface area contributed by atoms with E-state index in [1.54, 1.807) is 30.0 Å². The lowest BCUT2D eigenvalue weighted by atomic mass is 10.4. The zero-order valence-electron chi connectivity index (χ0n) is 8.27. The molecule has 1 amide bonds. The third-order valence-corrected chi connectivity index (χ3v) is 3.13. The number of thioether (sulfide) groups is 1. The third kappa shape index (κ3) is 3.24. The molecule has 1 aliphatic rings. The SMILES string of the molecule is O=C(C=Cc1ccc(Br)o1)NC1=NCCS1. The highest BCUT2D eigenvalue weighted by atomic mass is 79.9. The third-order valence-electron chi connectivity index (χ3n) is 1.81. The predicted molar refractivity (Wildman–Crippen MR) is 68.3 cm³/mol. The van der Waals surface area contributed by atoms with E-state index in [1.165, 1.54) is 6.08 Å². The van der Waals surface area contributed by atoms with Crippen molar-refractivity contribution in [2.75, 3.05) is 12.3 Å². The van der Waals surface area contributed by atoms with Crippen molar-refractivity contribution in [3.05, 3.63) is 28.6 Å². The van der Waals surface area contributed by atoms with Crippen LogP contribution in [0.4, 0.5) is 0 Å². The number of rotatable bonds is 2. The average Bonchev–Trinajstić information content (AvgIpc) is 2.87. The van der Waals surface area contributed by atoms with Crippen molar-refractivity contribution in [2.45, 2.75) is 0 Å². The second-order valence-corrected chi connectivity index (χ2v) is 4.86. The summed E-state index contributed by atoms with van der Waals surface area (Å²) in [5.41, 5.74) is 0. The molecular formula is C10H9BrN2O2S. The first-order chi connectivity index (χ1) is 7.74. The van der Waals surface area contributed by atoms with Gasteiger partial charge in [0.05, 0.1) is 6.54 Å². The fourth-order valence-electron chi connectivity index (χ4n) is 1.13. The van der Waals surface area contributed by atoms with Crippen LogP contribution in [0.1, 0.15) is 5.76 Å². The molecule has 0 bridgehead atoms. The van der Waals surface area contributed by atoms with Crippen molar-refractivity contribution in [3.8, 4) is 0 Å². The Morgan fingerprint density at radius 2 is 2.50 bits per heavy atom. The summed E-state index contributed by atoms with van der Waals surface area (Å²) in [6, 6.07) is 3.55. The average molecular weight is 301 g/mol. The van der Waals surface area contributed by atoms with Crippen LogP contribution in [-0.2, 0) is 4.79 Å². The normalized spacial score (nSPS) is 15.4. The van der Waals surface area contributed by atoms with Crippen LogP contribution in [0.25, 0.3) is 6.08 Å². The number of carbonyl (C=O) groups excluding carboxylic acids is 1. The number of aliphatic imine (C=N–C) groups is 1. The maximum absolute atomic E-state index is 11.4. The van der Waals surface area contributed by atoms with Crippen LogP contribution in [0.2, 0.25) is 0 Å². The van der Waals surface area contributed by atoms with E-state index in [-0.39, 0.29) is 5.91 Å². The van der Waals surface area contributed by atoms with Gasteiger partial charge < -0.3 is 9.73 Å². The van der Waals surface area contributed by atoms with Crippen LogP contribution in [0.5, 0.6) is 0 Å². The quantitative estimate of drug-likeness (QED) is 0.853. The van der Waals surface area contributed by atoms with Gasteiger partial charge >= 0.3 is 0 Å². The number of amidine groups is 1. The van der Waals surface area contributed by atoms with Crippen molar-refractivity contribution >= 4 is 44.8 Å². The number of hydrogen-bond acceptors (Lipinski definition) is 4. The van der Waals surface area contributed by atoms with E-state index >= 15 is 0 Å². The van der Waals surface area contributed by atoms with Crippen LogP contribution in [0, 0.1) is 0 Å². The van der Waals surface area contributed by atoms with Crippen molar-refractivity contribution in [2.24, 2.45) is 4.99 Å². The minimum absolute atomic E-state index is 0.194. The Morgan fingerprint density at radius 1 is 1.62 bits per heavy atom. The lowest BCUT2D eigenvalue weighted by molar-refractivity contribution is -0.115. The summed E-state index contributed by atoms with van der Waals surface area (Å²) in [6.07, 6.45) is 3.03. The molecule has 1 aromatic rings. The molecule has 84 valence electrons. The Bertz CT molecular complexity index is 453. The number of nitrogens with zero attached hydrogens (tertiary/aromatic N) is 1. The first kappa shape index (κ1) is 11.5. The highest BCUT2D eigenvalue weighted by Gasteiger charge is 2.08. The molecule has 1 aromatic heterocycles. The van der Waals surface area contributed by atoms with Crippen molar-refractivity contribution in [3.63, 3.8) is 0 Å². The van der Waals surface area contributed by atoms with Gasteiger partial charge in [0.25, 0.3) is 0 Å². The van der Waals surface area contributed by atoms with E-state index in [4.69, 9.17) is 4.42 Å². The first-order valence-electron chi connectivity index (χ1n) is 4.66. The van der Waals surface area contributed by atoms with Crippen molar-refractivity contribution in [1.82, 2.24) is 5.32 Å². The number of amides is 1. The molecular weight excluding hydrogens is 292 g/mol. The molecule has 0 saturated heterocycles. The summed E-state index contributed by atoms with van der Waals surface area (Å²) in [5.74, 6) is 1.37. The van der Waals surface area contributed by atoms with E-state index in [9.17, 15) is 4.79 Å². The standard InChI is InChI=1S/C10H9BrN2O2S/c11-8-3-1-7(15-8)2-4-9(14)13-10-12-5-6-16-10/h1-4H,5-6H2,(H,12,13,14). The van der Waals surface area contributed by atoms with Gasteiger partial charge in [0.2, 0.25) is 5.91 Å². The lowest BCUT2D eigenvalue weighted by Gasteiger charge is -1.97. The molecule has 0 atom stereocenters. The molecule has 6 heteroatoms. The second kappa shape index (κ2) is 5.36. The smallest absolute Gasteiger partial charge is 0.250 e. The van der Waals surface area contributed by atoms with E-state index < -0.39 is 0 Å². The summed E-state index contributed by atoms with van der Waals surface area (Å²) in [7, 11) is 0. The van der Waals surface area contributed by atoms with Gasteiger partial charge in [-0.15, -0.1) is 0 Å².